The molecule has 1 aliphatic carbocycles. The SMILES string of the molecule is CC1(C)c2ccccc2C2(c3ccccc3Sc3c(-c4ccccn4)cccc32)c2ccccc21. The smallest absolute Gasteiger partial charge is 0.0729 e. The van der Waals surface area contributed by atoms with Crippen LogP contribution in [0.2, 0.25) is 0 Å². The van der Waals surface area contributed by atoms with Crippen LogP contribution in [-0.2, 0) is 10.8 Å². The third-order valence-electron chi connectivity index (χ3n) is 7.87. The fraction of sp³-hybridized carbons (Fsp3) is 0.121. The Kier molecular flexibility index (Phi) is 4.40. The molecule has 5 aromatic rings. The van der Waals surface area contributed by atoms with E-state index in [1.54, 1.807) is 0 Å². The van der Waals surface area contributed by atoms with E-state index in [4.69, 9.17) is 4.98 Å². The number of rotatable bonds is 1. The lowest BCUT2D eigenvalue weighted by molar-refractivity contribution is 0.549. The van der Waals surface area contributed by atoms with Crippen LogP contribution in [0, 0.1) is 0 Å². The molecular weight excluding hydrogens is 442 g/mol. The third kappa shape index (κ3) is 2.69. The molecule has 2 heterocycles. The van der Waals surface area contributed by atoms with E-state index in [0.717, 1.165) is 5.69 Å². The highest BCUT2D eigenvalue weighted by molar-refractivity contribution is 7.99. The molecule has 0 saturated heterocycles. The second-order valence-electron chi connectivity index (χ2n) is 9.96. The average Bonchev–Trinajstić information content (AvgIpc) is 2.91. The number of nitrogens with zero attached hydrogens (tertiary/aromatic N) is 1. The molecule has 2 heteroatoms. The van der Waals surface area contributed by atoms with Gasteiger partial charge in [-0.25, -0.2) is 0 Å². The molecule has 0 bridgehead atoms. The Hall–Kier alpha value is -3.62. The second kappa shape index (κ2) is 7.44. The van der Waals surface area contributed by atoms with Gasteiger partial charge in [-0.3, -0.25) is 4.98 Å². The first-order valence-electron chi connectivity index (χ1n) is 12.2. The van der Waals surface area contributed by atoms with Crippen molar-refractivity contribution in [3.8, 4) is 11.3 Å². The Morgan fingerprint density at radius 2 is 1.11 bits per heavy atom. The summed E-state index contributed by atoms with van der Waals surface area (Å²) >= 11 is 1.88. The molecule has 0 N–H and O–H groups in total. The maximum Gasteiger partial charge on any atom is 0.0729 e. The number of hydrogen-bond acceptors (Lipinski definition) is 2. The average molecular weight is 468 g/mol. The van der Waals surface area contributed by atoms with Crippen LogP contribution in [0.1, 0.15) is 47.2 Å². The molecule has 1 spiro atoms. The zero-order valence-corrected chi connectivity index (χ0v) is 20.6. The Labute approximate surface area is 210 Å². The quantitative estimate of drug-likeness (QED) is 0.241. The lowest BCUT2D eigenvalue weighted by atomic mass is 9.54. The summed E-state index contributed by atoms with van der Waals surface area (Å²) in [5.41, 5.74) is 10.0. The maximum absolute atomic E-state index is 4.75. The molecule has 7 rings (SSSR count). The number of benzene rings is 4. The van der Waals surface area contributed by atoms with E-state index >= 15 is 0 Å². The van der Waals surface area contributed by atoms with Gasteiger partial charge in [0.05, 0.1) is 11.1 Å². The van der Waals surface area contributed by atoms with Crippen LogP contribution in [0.5, 0.6) is 0 Å². The second-order valence-corrected chi connectivity index (χ2v) is 11.0. The van der Waals surface area contributed by atoms with Gasteiger partial charge < -0.3 is 0 Å². The fourth-order valence-electron chi connectivity index (χ4n) is 6.37. The fourth-order valence-corrected chi connectivity index (χ4v) is 7.68. The minimum atomic E-state index is -0.384. The molecule has 0 atom stereocenters. The lowest BCUT2D eigenvalue weighted by Crippen LogP contribution is -2.43. The summed E-state index contributed by atoms with van der Waals surface area (Å²) in [7, 11) is 0. The van der Waals surface area contributed by atoms with Crippen LogP contribution in [0.3, 0.4) is 0 Å². The molecule has 1 aliphatic heterocycles. The van der Waals surface area contributed by atoms with Crippen molar-refractivity contribution in [2.75, 3.05) is 0 Å². The summed E-state index contributed by atoms with van der Waals surface area (Å²) in [5, 5.41) is 0. The zero-order chi connectivity index (χ0) is 23.6. The summed E-state index contributed by atoms with van der Waals surface area (Å²) in [6.45, 7) is 4.73. The van der Waals surface area contributed by atoms with Crippen LogP contribution in [0.25, 0.3) is 11.3 Å². The van der Waals surface area contributed by atoms with Gasteiger partial charge in [0, 0.05) is 27.0 Å². The summed E-state index contributed by atoms with van der Waals surface area (Å²) in [6.07, 6.45) is 1.89. The number of fused-ring (bicyclic) bond motifs is 8. The van der Waals surface area contributed by atoms with Gasteiger partial charge in [0.2, 0.25) is 0 Å². The molecule has 168 valence electrons. The summed E-state index contributed by atoms with van der Waals surface area (Å²) < 4.78 is 0. The van der Waals surface area contributed by atoms with E-state index in [2.05, 4.69) is 117 Å². The van der Waals surface area contributed by atoms with Gasteiger partial charge in [-0.05, 0) is 51.6 Å². The summed E-state index contributed by atoms with van der Waals surface area (Å²) in [5.74, 6) is 0. The van der Waals surface area contributed by atoms with Gasteiger partial charge in [0.25, 0.3) is 0 Å². The molecule has 0 unspecified atom stereocenters. The van der Waals surface area contributed by atoms with Crippen molar-refractivity contribution in [3.05, 3.63) is 149 Å². The first-order chi connectivity index (χ1) is 17.1. The highest BCUT2D eigenvalue weighted by atomic mass is 32.2. The molecule has 1 nitrogen and oxygen atoms in total. The number of aromatic nitrogens is 1. The van der Waals surface area contributed by atoms with Gasteiger partial charge in [-0.15, -0.1) is 0 Å². The van der Waals surface area contributed by atoms with Gasteiger partial charge >= 0.3 is 0 Å². The predicted octanol–water partition coefficient (Wildman–Crippen LogP) is 8.24. The van der Waals surface area contributed by atoms with E-state index in [1.165, 1.54) is 48.7 Å². The Balaban J connectivity index is 1.69. The number of pyridine rings is 1. The largest absolute Gasteiger partial charge is 0.256 e. The minimum absolute atomic E-state index is 0.0866. The molecule has 0 saturated carbocycles. The molecule has 0 radical (unpaired) electrons. The topological polar surface area (TPSA) is 12.9 Å². The van der Waals surface area contributed by atoms with Crippen LogP contribution in [0.4, 0.5) is 0 Å². The molecule has 0 amide bonds. The lowest BCUT2D eigenvalue weighted by Gasteiger charge is -2.50. The molecule has 4 aromatic carbocycles. The van der Waals surface area contributed by atoms with Crippen molar-refractivity contribution in [2.24, 2.45) is 0 Å². The molecule has 1 aromatic heterocycles. The molecule has 0 fully saturated rings. The summed E-state index contributed by atoms with van der Waals surface area (Å²) in [4.78, 5) is 7.36. The molecule has 35 heavy (non-hydrogen) atoms. The van der Waals surface area contributed by atoms with Crippen molar-refractivity contribution in [1.29, 1.82) is 0 Å². The van der Waals surface area contributed by atoms with E-state index in [-0.39, 0.29) is 10.8 Å². The van der Waals surface area contributed by atoms with Crippen LogP contribution in [0.15, 0.2) is 125 Å². The summed E-state index contributed by atoms with van der Waals surface area (Å²) in [6, 6.07) is 40.1. The Morgan fingerprint density at radius 1 is 0.543 bits per heavy atom. The normalized spacial score (nSPS) is 16.1. The van der Waals surface area contributed by atoms with Gasteiger partial charge in [-0.2, -0.15) is 0 Å². The van der Waals surface area contributed by atoms with E-state index in [1.807, 2.05) is 24.0 Å². The van der Waals surface area contributed by atoms with Crippen molar-refractivity contribution in [1.82, 2.24) is 4.98 Å². The predicted molar refractivity (Wildman–Crippen MR) is 144 cm³/mol. The van der Waals surface area contributed by atoms with Crippen LogP contribution in [-0.4, -0.2) is 4.98 Å². The first kappa shape index (κ1) is 20.7. The molecular formula is C33H25NS. The van der Waals surface area contributed by atoms with Crippen molar-refractivity contribution >= 4 is 11.8 Å². The highest BCUT2D eigenvalue weighted by Crippen LogP contribution is 2.62. The van der Waals surface area contributed by atoms with Crippen molar-refractivity contribution < 1.29 is 0 Å². The van der Waals surface area contributed by atoms with Gasteiger partial charge in [0.15, 0.2) is 0 Å². The van der Waals surface area contributed by atoms with Crippen molar-refractivity contribution in [3.63, 3.8) is 0 Å². The van der Waals surface area contributed by atoms with Gasteiger partial charge in [-0.1, -0.05) is 117 Å². The first-order valence-corrected chi connectivity index (χ1v) is 13.0. The zero-order valence-electron chi connectivity index (χ0n) is 19.8. The maximum atomic E-state index is 4.75. The molecule has 2 aliphatic rings. The van der Waals surface area contributed by atoms with E-state index in [0.29, 0.717) is 0 Å². The van der Waals surface area contributed by atoms with Crippen LogP contribution >= 0.6 is 11.8 Å². The number of hydrogen-bond donors (Lipinski definition) is 0. The monoisotopic (exact) mass is 467 g/mol. The Morgan fingerprint density at radius 3 is 1.77 bits per heavy atom. The van der Waals surface area contributed by atoms with Gasteiger partial charge in [0.1, 0.15) is 0 Å². The van der Waals surface area contributed by atoms with E-state index in [9.17, 15) is 0 Å². The van der Waals surface area contributed by atoms with Crippen molar-refractivity contribution in [2.45, 2.75) is 34.5 Å². The third-order valence-corrected chi connectivity index (χ3v) is 9.09. The highest BCUT2D eigenvalue weighted by Gasteiger charge is 2.52. The Bertz CT molecular complexity index is 1550. The van der Waals surface area contributed by atoms with E-state index < -0.39 is 0 Å². The van der Waals surface area contributed by atoms with Crippen LogP contribution < -0.4 is 0 Å². The minimum Gasteiger partial charge on any atom is -0.256 e. The standard InChI is InChI=1S/C33H25NS/c1-32(2)23-13-3-5-15-25(23)33(26-16-6-4-14-24(26)32)27-17-7-8-20-30(27)35-31-22(12-11-18-28(31)33)29-19-9-10-21-34-29/h3-21H,1-2H3.